The average Bonchev–Trinajstić information content (AvgIpc) is 2.46. The summed E-state index contributed by atoms with van der Waals surface area (Å²) in [5.74, 6) is 0.273. The highest BCUT2D eigenvalue weighted by molar-refractivity contribution is 7.16. The van der Waals surface area contributed by atoms with E-state index in [9.17, 15) is 5.11 Å². The largest absolute Gasteiger partial charge is 1.00 e. The zero-order valence-corrected chi connectivity index (χ0v) is 10.2. The summed E-state index contributed by atoms with van der Waals surface area (Å²) >= 11 is 1.52. The quantitative estimate of drug-likeness (QED) is 0.579. The Kier molecular flexibility index (Phi) is 3.34. The maximum atomic E-state index is 9.23. The zero-order valence-electron chi connectivity index (χ0n) is 7.82. The summed E-state index contributed by atoms with van der Waals surface area (Å²) in [6, 6.07) is 5.10. The van der Waals surface area contributed by atoms with Crippen LogP contribution < -0.4 is 26.4 Å². The molecular formula is C9H10BrNO2S. The van der Waals surface area contributed by atoms with E-state index in [1.165, 1.54) is 11.3 Å². The second-order valence-corrected chi connectivity index (χ2v) is 3.99. The summed E-state index contributed by atoms with van der Waals surface area (Å²) in [7, 11) is 3.85. The van der Waals surface area contributed by atoms with Crippen LogP contribution in [0.25, 0.3) is 10.3 Å². The van der Waals surface area contributed by atoms with Gasteiger partial charge in [-0.05, 0) is 23.5 Å². The fourth-order valence-corrected chi connectivity index (χ4v) is 1.94. The number of hydrogen-bond acceptors (Lipinski definition) is 3. The van der Waals surface area contributed by atoms with Crippen molar-refractivity contribution in [1.29, 1.82) is 0 Å². The van der Waals surface area contributed by atoms with Gasteiger partial charge in [-0.15, -0.1) is 0 Å². The van der Waals surface area contributed by atoms with Crippen molar-refractivity contribution in [2.24, 2.45) is 0 Å². The molecule has 0 aliphatic rings. The van der Waals surface area contributed by atoms with Gasteiger partial charge in [0.2, 0.25) is 0 Å². The Hall–Kier alpha value is -0.810. The molecule has 14 heavy (non-hydrogen) atoms. The van der Waals surface area contributed by atoms with E-state index >= 15 is 0 Å². The molecule has 2 rings (SSSR count). The lowest BCUT2D eigenvalue weighted by Crippen LogP contribution is -3.00. The number of nitrogens with zero attached hydrogens (tertiary/aromatic N) is 1. The molecule has 0 saturated carbocycles. The number of benzene rings is 1. The molecule has 0 atom stereocenters. The smallest absolute Gasteiger partial charge is 0.430 e. The lowest BCUT2D eigenvalue weighted by Gasteiger charge is -1.86. The molecule has 2 aromatic rings. The van der Waals surface area contributed by atoms with Crippen LogP contribution in [0.1, 0.15) is 0 Å². The van der Waals surface area contributed by atoms with E-state index in [0.29, 0.717) is 0 Å². The first-order valence-corrected chi connectivity index (χ1v) is 4.71. The first-order chi connectivity index (χ1) is 6.16. The van der Waals surface area contributed by atoms with Crippen molar-refractivity contribution in [2.75, 3.05) is 14.1 Å². The van der Waals surface area contributed by atoms with E-state index in [1.54, 1.807) is 18.2 Å². The monoisotopic (exact) mass is 275 g/mol. The van der Waals surface area contributed by atoms with Gasteiger partial charge in [-0.1, -0.05) is 0 Å². The van der Waals surface area contributed by atoms with E-state index in [2.05, 4.69) is 0 Å². The predicted molar refractivity (Wildman–Crippen MR) is 52.9 cm³/mol. The highest BCUT2D eigenvalue weighted by Crippen LogP contribution is 2.21. The van der Waals surface area contributed by atoms with Gasteiger partial charge in [0.15, 0.2) is 5.58 Å². The standard InChI is InChI=1S/C9H9NO2S.BrH/c1-10(2)9-12-7-4-3-6(11)5-8(7)13-9;/h3-5H,1-2H3;1H. The zero-order chi connectivity index (χ0) is 9.42. The Morgan fingerprint density at radius 3 is 2.71 bits per heavy atom. The van der Waals surface area contributed by atoms with Crippen LogP contribution in [0.5, 0.6) is 5.75 Å². The summed E-state index contributed by atoms with van der Waals surface area (Å²) in [6.07, 6.45) is 0. The molecule has 0 saturated heterocycles. The first kappa shape index (κ1) is 11.3. The fraction of sp³-hybridized carbons (Fsp3) is 0.222. The molecule has 3 nitrogen and oxygen atoms in total. The molecule has 1 N–H and O–H groups in total. The number of halogens is 1. The summed E-state index contributed by atoms with van der Waals surface area (Å²) in [5.41, 5.74) is 0.812. The van der Waals surface area contributed by atoms with Gasteiger partial charge in [0.1, 0.15) is 19.8 Å². The number of phenolic OH excluding ortho intramolecular Hbond substituents is 1. The maximum Gasteiger partial charge on any atom is 0.430 e. The molecule has 0 radical (unpaired) electrons. The van der Waals surface area contributed by atoms with E-state index in [-0.39, 0.29) is 22.7 Å². The van der Waals surface area contributed by atoms with Gasteiger partial charge in [0.05, 0.1) is 4.70 Å². The van der Waals surface area contributed by atoms with Crippen molar-refractivity contribution in [3.63, 3.8) is 0 Å². The molecule has 0 amide bonds. The van der Waals surface area contributed by atoms with E-state index in [0.717, 1.165) is 15.2 Å². The van der Waals surface area contributed by atoms with Gasteiger partial charge >= 0.3 is 4.87 Å². The second-order valence-electron chi connectivity index (χ2n) is 3.00. The van der Waals surface area contributed by atoms with Gasteiger partial charge in [0, 0.05) is 6.07 Å². The van der Waals surface area contributed by atoms with Crippen LogP contribution in [-0.2, 0) is 0 Å². The number of fused-ring (bicyclic) bond motifs is 1. The Labute approximate surface area is 95.7 Å². The third kappa shape index (κ3) is 1.99. The van der Waals surface area contributed by atoms with Crippen LogP contribution in [-0.4, -0.2) is 19.2 Å². The van der Waals surface area contributed by atoms with Crippen molar-refractivity contribution >= 4 is 21.6 Å². The first-order valence-electron chi connectivity index (χ1n) is 3.90. The minimum atomic E-state index is 0. The minimum Gasteiger partial charge on any atom is -1.00 e. The highest BCUT2D eigenvalue weighted by atomic mass is 79.9. The highest BCUT2D eigenvalue weighted by Gasteiger charge is 2.05. The Balaban J connectivity index is 0.000000980. The van der Waals surface area contributed by atoms with Gasteiger partial charge in [-0.3, -0.25) is 0 Å². The number of phenols is 1. The number of hydrogen-bond donors (Lipinski definition) is 1. The van der Waals surface area contributed by atoms with Gasteiger partial charge in [0.25, 0.3) is 0 Å². The van der Waals surface area contributed by atoms with Crippen molar-refractivity contribution in [2.45, 2.75) is 0 Å². The van der Waals surface area contributed by atoms with Gasteiger partial charge in [-0.25, -0.2) is 0 Å². The third-order valence-corrected chi connectivity index (χ3v) is 2.85. The molecule has 0 fully saturated rings. The summed E-state index contributed by atoms with van der Waals surface area (Å²) < 4.78 is 8.38. The molecule has 0 spiro atoms. The minimum absolute atomic E-state index is 0. The molecule has 76 valence electrons. The second kappa shape index (κ2) is 4.14. The van der Waals surface area contributed by atoms with Crippen molar-refractivity contribution in [3.8, 4) is 5.75 Å². The van der Waals surface area contributed by atoms with Crippen LogP contribution in [0, 0.1) is 0 Å². The van der Waals surface area contributed by atoms with Crippen LogP contribution in [0.3, 0.4) is 0 Å². The van der Waals surface area contributed by atoms with Crippen LogP contribution in [0.4, 0.5) is 0 Å². The van der Waals surface area contributed by atoms with E-state index < -0.39 is 0 Å². The molecule has 1 aromatic heterocycles. The fourth-order valence-electron chi connectivity index (χ4n) is 1.05. The Morgan fingerprint density at radius 1 is 1.36 bits per heavy atom. The molecule has 0 bridgehead atoms. The number of aromatic hydroxyl groups is 1. The molecule has 5 heteroatoms. The third-order valence-electron chi connectivity index (χ3n) is 1.69. The lowest BCUT2D eigenvalue weighted by atomic mass is 10.3. The Morgan fingerprint density at radius 2 is 2.07 bits per heavy atom. The predicted octanol–water partition coefficient (Wildman–Crippen LogP) is -1.76. The topological polar surface area (TPSA) is 36.4 Å². The number of rotatable bonds is 0. The molecule has 1 heterocycles. The van der Waals surface area contributed by atoms with Gasteiger partial charge in [-0.2, -0.15) is 4.58 Å². The van der Waals surface area contributed by atoms with Crippen molar-refractivity contribution < 1.29 is 26.5 Å². The normalized spacial score (nSPS) is 9.86. The summed E-state index contributed by atoms with van der Waals surface area (Å²) in [6.45, 7) is 0. The van der Waals surface area contributed by atoms with Crippen LogP contribution in [0.2, 0.25) is 0 Å². The van der Waals surface area contributed by atoms with Crippen LogP contribution in [0.15, 0.2) is 22.6 Å². The average molecular weight is 276 g/mol. The molecular weight excluding hydrogens is 266 g/mol. The van der Waals surface area contributed by atoms with E-state index in [4.69, 9.17) is 4.42 Å². The summed E-state index contributed by atoms with van der Waals surface area (Å²) in [5, 5.41) is 9.23. The lowest BCUT2D eigenvalue weighted by molar-refractivity contribution is -0.00000411. The van der Waals surface area contributed by atoms with Gasteiger partial charge < -0.3 is 26.5 Å². The molecule has 0 aliphatic heterocycles. The Bertz CT molecular complexity index is 511. The molecule has 0 unspecified atom stereocenters. The van der Waals surface area contributed by atoms with Crippen molar-refractivity contribution in [1.82, 2.24) is 4.58 Å². The van der Waals surface area contributed by atoms with Crippen LogP contribution >= 0.6 is 11.3 Å². The maximum absolute atomic E-state index is 9.23. The van der Waals surface area contributed by atoms with Crippen molar-refractivity contribution in [3.05, 3.63) is 23.1 Å². The molecule has 1 aromatic carbocycles. The SMILES string of the molecule is C[N+](C)=c1oc2ccc(O)cc2s1.[Br-]. The summed E-state index contributed by atoms with van der Waals surface area (Å²) in [4.78, 5) is 0.834. The van der Waals surface area contributed by atoms with E-state index in [1.807, 2.05) is 18.7 Å². The molecule has 0 aliphatic carbocycles.